The molecule has 0 radical (unpaired) electrons. The van der Waals surface area contributed by atoms with Gasteiger partial charge in [-0.25, -0.2) is 4.98 Å². The van der Waals surface area contributed by atoms with Crippen LogP contribution >= 0.6 is 0 Å². The predicted molar refractivity (Wildman–Crippen MR) is 66.3 cm³/mol. The highest BCUT2D eigenvalue weighted by Crippen LogP contribution is 2.27. The van der Waals surface area contributed by atoms with Crippen LogP contribution in [0, 0.1) is 12.8 Å². The monoisotopic (exact) mass is 221 g/mol. The van der Waals surface area contributed by atoms with Gasteiger partial charge in [0.2, 0.25) is 0 Å². The molecule has 1 heterocycles. The van der Waals surface area contributed by atoms with Crippen LogP contribution in [-0.4, -0.2) is 16.1 Å². The molecule has 0 saturated heterocycles. The lowest BCUT2D eigenvalue weighted by Crippen LogP contribution is -2.18. The Morgan fingerprint density at radius 2 is 2.19 bits per heavy atom. The van der Waals surface area contributed by atoms with Gasteiger partial charge in [0.15, 0.2) is 0 Å². The van der Waals surface area contributed by atoms with Gasteiger partial charge in [-0.1, -0.05) is 19.8 Å². The van der Waals surface area contributed by atoms with Gasteiger partial charge in [-0.15, -0.1) is 0 Å². The van der Waals surface area contributed by atoms with Crippen LogP contribution in [0.2, 0.25) is 0 Å². The molecule has 16 heavy (non-hydrogen) atoms. The molecular formula is C13H23N3. The molecule has 1 aromatic rings. The molecule has 0 aromatic carbocycles. The summed E-state index contributed by atoms with van der Waals surface area (Å²) >= 11 is 0. The van der Waals surface area contributed by atoms with E-state index in [0.29, 0.717) is 0 Å². The van der Waals surface area contributed by atoms with Crippen LogP contribution in [0.3, 0.4) is 0 Å². The van der Waals surface area contributed by atoms with Crippen molar-refractivity contribution in [2.75, 3.05) is 6.54 Å². The van der Waals surface area contributed by atoms with Crippen molar-refractivity contribution >= 4 is 0 Å². The second-order valence-electron chi connectivity index (χ2n) is 4.84. The van der Waals surface area contributed by atoms with Crippen molar-refractivity contribution in [3.05, 3.63) is 17.7 Å². The molecule has 0 aliphatic heterocycles. The summed E-state index contributed by atoms with van der Waals surface area (Å²) in [4.78, 5) is 4.43. The largest absolute Gasteiger partial charge is 0.331 e. The number of hydrogen-bond donors (Lipinski definition) is 1. The van der Waals surface area contributed by atoms with Gasteiger partial charge < -0.3 is 9.88 Å². The van der Waals surface area contributed by atoms with Crippen LogP contribution in [-0.2, 0) is 13.1 Å². The van der Waals surface area contributed by atoms with E-state index in [9.17, 15) is 0 Å². The first kappa shape index (κ1) is 11.6. The normalized spacial score (nSPS) is 17.1. The SMILES string of the molecule is CCNCc1cnc(C)n1CC1CCCC1. The highest BCUT2D eigenvalue weighted by atomic mass is 15.1. The molecule has 1 aliphatic carbocycles. The molecule has 1 aromatic heterocycles. The molecule has 0 bridgehead atoms. The van der Waals surface area contributed by atoms with Crippen LogP contribution in [0.5, 0.6) is 0 Å². The number of hydrogen-bond acceptors (Lipinski definition) is 2. The molecule has 2 rings (SSSR count). The van der Waals surface area contributed by atoms with Gasteiger partial charge in [-0.2, -0.15) is 0 Å². The third-order valence-corrected chi connectivity index (χ3v) is 3.61. The Labute approximate surface area is 98.3 Å². The number of nitrogens with zero attached hydrogens (tertiary/aromatic N) is 2. The lowest BCUT2D eigenvalue weighted by atomic mass is 10.1. The van der Waals surface area contributed by atoms with E-state index in [4.69, 9.17) is 0 Å². The van der Waals surface area contributed by atoms with E-state index >= 15 is 0 Å². The van der Waals surface area contributed by atoms with Gasteiger partial charge in [0.25, 0.3) is 0 Å². The van der Waals surface area contributed by atoms with Gasteiger partial charge in [-0.3, -0.25) is 0 Å². The zero-order valence-electron chi connectivity index (χ0n) is 10.5. The molecule has 1 saturated carbocycles. The second kappa shape index (κ2) is 5.48. The number of aromatic nitrogens is 2. The summed E-state index contributed by atoms with van der Waals surface area (Å²) < 4.78 is 2.40. The molecule has 3 nitrogen and oxygen atoms in total. The van der Waals surface area contributed by atoms with Gasteiger partial charge in [-0.05, 0) is 32.2 Å². The van der Waals surface area contributed by atoms with E-state index in [1.54, 1.807) is 0 Å². The minimum Gasteiger partial charge on any atom is -0.331 e. The molecule has 3 heteroatoms. The summed E-state index contributed by atoms with van der Waals surface area (Å²) in [5, 5.41) is 3.38. The van der Waals surface area contributed by atoms with Gasteiger partial charge in [0, 0.05) is 19.3 Å². The summed E-state index contributed by atoms with van der Waals surface area (Å²) in [6, 6.07) is 0. The van der Waals surface area contributed by atoms with Gasteiger partial charge >= 0.3 is 0 Å². The predicted octanol–water partition coefficient (Wildman–Crippen LogP) is 2.49. The summed E-state index contributed by atoms with van der Waals surface area (Å²) in [5.74, 6) is 2.05. The number of nitrogens with one attached hydrogen (secondary N) is 1. The Kier molecular flexibility index (Phi) is 3.99. The maximum Gasteiger partial charge on any atom is 0.105 e. The Hall–Kier alpha value is -0.830. The molecule has 1 N–H and O–H groups in total. The first-order valence-electron chi connectivity index (χ1n) is 6.53. The van der Waals surface area contributed by atoms with Gasteiger partial charge in [0.05, 0.1) is 5.69 Å². The first-order chi connectivity index (χ1) is 7.81. The zero-order chi connectivity index (χ0) is 11.4. The van der Waals surface area contributed by atoms with Crippen molar-refractivity contribution in [3.63, 3.8) is 0 Å². The van der Waals surface area contributed by atoms with Crippen molar-refractivity contribution in [2.45, 2.75) is 52.6 Å². The Morgan fingerprint density at radius 3 is 2.88 bits per heavy atom. The molecule has 1 fully saturated rings. The molecule has 0 amide bonds. The molecule has 0 atom stereocenters. The van der Waals surface area contributed by atoms with E-state index in [-0.39, 0.29) is 0 Å². The van der Waals surface area contributed by atoms with Crippen molar-refractivity contribution in [2.24, 2.45) is 5.92 Å². The number of imidazole rings is 1. The van der Waals surface area contributed by atoms with E-state index in [1.165, 1.54) is 43.7 Å². The fourth-order valence-corrected chi connectivity index (χ4v) is 2.61. The third kappa shape index (κ3) is 2.64. The Bertz CT molecular complexity index is 324. The van der Waals surface area contributed by atoms with Crippen LogP contribution in [0.4, 0.5) is 0 Å². The molecule has 1 aliphatic rings. The second-order valence-corrected chi connectivity index (χ2v) is 4.84. The summed E-state index contributed by atoms with van der Waals surface area (Å²) in [5.41, 5.74) is 1.34. The highest BCUT2D eigenvalue weighted by molar-refractivity contribution is 5.04. The number of rotatable bonds is 5. The minimum absolute atomic E-state index is 0.883. The maximum atomic E-state index is 4.43. The lowest BCUT2D eigenvalue weighted by Gasteiger charge is -2.15. The van der Waals surface area contributed by atoms with E-state index < -0.39 is 0 Å². The third-order valence-electron chi connectivity index (χ3n) is 3.61. The van der Waals surface area contributed by atoms with Crippen molar-refractivity contribution in [1.29, 1.82) is 0 Å². The average Bonchev–Trinajstić information content (AvgIpc) is 2.89. The van der Waals surface area contributed by atoms with Crippen LogP contribution in [0.15, 0.2) is 6.20 Å². The average molecular weight is 221 g/mol. The lowest BCUT2D eigenvalue weighted by molar-refractivity contribution is 0.439. The molecule has 0 unspecified atom stereocenters. The minimum atomic E-state index is 0.883. The van der Waals surface area contributed by atoms with Crippen molar-refractivity contribution in [3.8, 4) is 0 Å². The summed E-state index contributed by atoms with van der Waals surface area (Å²) in [6.45, 7) is 7.40. The highest BCUT2D eigenvalue weighted by Gasteiger charge is 2.17. The van der Waals surface area contributed by atoms with Crippen LogP contribution in [0.1, 0.15) is 44.1 Å². The quantitative estimate of drug-likeness (QED) is 0.828. The fourth-order valence-electron chi connectivity index (χ4n) is 2.61. The number of aryl methyl sites for hydroxylation is 1. The molecular weight excluding hydrogens is 198 g/mol. The molecule has 90 valence electrons. The zero-order valence-corrected chi connectivity index (χ0v) is 10.5. The fraction of sp³-hybridized carbons (Fsp3) is 0.769. The standard InChI is InChI=1S/C13H23N3/c1-3-14-8-13-9-15-11(2)16(13)10-12-6-4-5-7-12/h9,12,14H,3-8,10H2,1-2H3. The van der Waals surface area contributed by atoms with Crippen LogP contribution < -0.4 is 5.32 Å². The van der Waals surface area contributed by atoms with Gasteiger partial charge in [0.1, 0.15) is 5.82 Å². The first-order valence-corrected chi connectivity index (χ1v) is 6.53. The summed E-state index contributed by atoms with van der Waals surface area (Å²) in [6.07, 6.45) is 7.66. The van der Waals surface area contributed by atoms with E-state index in [2.05, 4.69) is 28.7 Å². The smallest absolute Gasteiger partial charge is 0.105 e. The Balaban J connectivity index is 2.02. The summed E-state index contributed by atoms with van der Waals surface area (Å²) in [7, 11) is 0. The van der Waals surface area contributed by atoms with E-state index in [1.807, 2.05) is 6.20 Å². The maximum absolute atomic E-state index is 4.43. The van der Waals surface area contributed by atoms with Crippen molar-refractivity contribution < 1.29 is 0 Å². The Morgan fingerprint density at radius 1 is 1.44 bits per heavy atom. The van der Waals surface area contributed by atoms with E-state index in [0.717, 1.165) is 19.0 Å². The molecule has 0 spiro atoms. The van der Waals surface area contributed by atoms with Crippen LogP contribution in [0.25, 0.3) is 0 Å². The van der Waals surface area contributed by atoms with Crippen molar-refractivity contribution in [1.82, 2.24) is 14.9 Å². The topological polar surface area (TPSA) is 29.9 Å².